The smallest absolute Gasteiger partial charge is 0.193 e. The highest BCUT2D eigenvalue weighted by Crippen LogP contribution is 2.21. The number of hydrogen-bond donors (Lipinski definition) is 1. The van der Waals surface area contributed by atoms with E-state index in [1.807, 2.05) is 12.1 Å². The number of hydrogen-bond acceptors (Lipinski definition) is 3. The Balaban J connectivity index is 0.00000338. The van der Waals surface area contributed by atoms with Crippen LogP contribution >= 0.6 is 47.2 Å². The Morgan fingerprint density at radius 1 is 1.27 bits per heavy atom. The van der Waals surface area contributed by atoms with Crippen molar-refractivity contribution in [1.29, 1.82) is 0 Å². The van der Waals surface area contributed by atoms with E-state index >= 15 is 0 Å². The van der Waals surface area contributed by atoms with Gasteiger partial charge in [0.2, 0.25) is 0 Å². The molecule has 1 aromatic rings. The van der Waals surface area contributed by atoms with E-state index in [1.54, 1.807) is 20.2 Å². The number of likely N-dealkylation sites (tertiary alicyclic amines) is 1. The summed E-state index contributed by atoms with van der Waals surface area (Å²) in [6.07, 6.45) is 3.30. The molecule has 1 N–H and O–H groups in total. The van der Waals surface area contributed by atoms with Crippen LogP contribution < -0.4 is 5.32 Å². The molecule has 0 spiro atoms. The normalized spacial score (nSPS) is 15.7. The first kappa shape index (κ1) is 23.8. The predicted octanol–water partition coefficient (Wildman–Crippen LogP) is 4.20. The van der Waals surface area contributed by atoms with Crippen molar-refractivity contribution in [2.75, 3.05) is 40.5 Å². The molecule has 0 radical (unpaired) electrons. The largest absolute Gasteiger partial charge is 0.385 e. The highest BCUT2D eigenvalue weighted by molar-refractivity contribution is 14.0. The highest BCUT2D eigenvalue weighted by atomic mass is 127. The minimum absolute atomic E-state index is 0. The number of guanidine groups is 1. The van der Waals surface area contributed by atoms with Crippen molar-refractivity contribution in [3.8, 4) is 0 Å². The van der Waals surface area contributed by atoms with E-state index in [1.165, 1.54) is 0 Å². The molecule has 1 aromatic carbocycles. The maximum absolute atomic E-state index is 6.23. The Hall–Kier alpha value is -0.280. The molecule has 1 saturated heterocycles. The van der Waals surface area contributed by atoms with Gasteiger partial charge >= 0.3 is 0 Å². The molecular weight excluding hydrogens is 488 g/mol. The molecule has 0 atom stereocenters. The number of rotatable bonds is 7. The second-order valence-corrected chi connectivity index (χ2v) is 6.88. The van der Waals surface area contributed by atoms with Crippen molar-refractivity contribution in [3.05, 3.63) is 33.8 Å². The summed E-state index contributed by atoms with van der Waals surface area (Å²) < 4.78 is 10.9. The van der Waals surface area contributed by atoms with E-state index in [2.05, 4.69) is 15.2 Å². The van der Waals surface area contributed by atoms with Crippen LogP contribution in [0.2, 0.25) is 10.0 Å². The number of piperidine rings is 1. The lowest BCUT2D eigenvalue weighted by Gasteiger charge is -2.34. The first-order valence-electron chi connectivity index (χ1n) is 8.64. The summed E-state index contributed by atoms with van der Waals surface area (Å²) in [6, 6.07) is 5.54. The molecule has 1 fully saturated rings. The molecule has 8 heteroatoms. The molecule has 1 aliphatic heterocycles. The lowest BCUT2D eigenvalue weighted by Crippen LogP contribution is -2.46. The maximum Gasteiger partial charge on any atom is 0.193 e. The number of halogens is 3. The van der Waals surface area contributed by atoms with E-state index in [0.29, 0.717) is 22.7 Å². The summed E-state index contributed by atoms with van der Waals surface area (Å²) in [4.78, 5) is 6.65. The average Bonchev–Trinajstić information content (AvgIpc) is 2.62. The van der Waals surface area contributed by atoms with Crippen molar-refractivity contribution in [1.82, 2.24) is 10.2 Å². The van der Waals surface area contributed by atoms with Gasteiger partial charge in [0.05, 0.1) is 6.10 Å². The van der Waals surface area contributed by atoms with Gasteiger partial charge in [-0.3, -0.25) is 4.99 Å². The summed E-state index contributed by atoms with van der Waals surface area (Å²) >= 11 is 12.2. The van der Waals surface area contributed by atoms with Crippen LogP contribution in [0.3, 0.4) is 0 Å². The minimum atomic E-state index is 0. The lowest BCUT2D eigenvalue weighted by atomic mass is 10.1. The van der Waals surface area contributed by atoms with Crippen LogP contribution in [0, 0.1) is 0 Å². The van der Waals surface area contributed by atoms with E-state index < -0.39 is 0 Å². The van der Waals surface area contributed by atoms with Crippen LogP contribution in [0.1, 0.15) is 24.8 Å². The molecular formula is C18H28Cl2IN3O2. The minimum Gasteiger partial charge on any atom is -0.385 e. The SMILES string of the molecule is CN=C(NCc1ccc(Cl)cc1Cl)N1CCC(OCCCOC)CC1.I. The van der Waals surface area contributed by atoms with Crippen molar-refractivity contribution in [2.45, 2.75) is 31.9 Å². The first-order valence-corrected chi connectivity index (χ1v) is 9.39. The Morgan fingerprint density at radius 3 is 2.62 bits per heavy atom. The van der Waals surface area contributed by atoms with Gasteiger partial charge in [0.1, 0.15) is 0 Å². The van der Waals surface area contributed by atoms with Crippen molar-refractivity contribution in [3.63, 3.8) is 0 Å². The molecule has 2 rings (SSSR count). The van der Waals surface area contributed by atoms with Gasteiger partial charge < -0.3 is 19.7 Å². The standard InChI is InChI=1S/C18H27Cl2N3O2.HI/c1-21-18(22-13-14-4-5-15(19)12-17(14)20)23-8-6-16(7-9-23)25-11-3-10-24-2;/h4-5,12,16H,3,6-11,13H2,1-2H3,(H,21,22);1H. The van der Waals surface area contributed by atoms with Gasteiger partial charge in [-0.2, -0.15) is 0 Å². The van der Waals surface area contributed by atoms with E-state index in [9.17, 15) is 0 Å². The summed E-state index contributed by atoms with van der Waals surface area (Å²) in [5.41, 5.74) is 1.00. The van der Waals surface area contributed by atoms with E-state index in [0.717, 1.165) is 57.1 Å². The molecule has 0 amide bonds. The summed E-state index contributed by atoms with van der Waals surface area (Å²) in [5, 5.41) is 4.69. The van der Waals surface area contributed by atoms with Gasteiger partial charge in [0.15, 0.2) is 5.96 Å². The van der Waals surface area contributed by atoms with Gasteiger partial charge in [0.25, 0.3) is 0 Å². The third kappa shape index (κ3) is 7.76. The van der Waals surface area contributed by atoms with Crippen LogP contribution in [0.5, 0.6) is 0 Å². The molecule has 0 aliphatic carbocycles. The predicted molar refractivity (Wildman–Crippen MR) is 119 cm³/mol. The zero-order chi connectivity index (χ0) is 18.1. The first-order chi connectivity index (χ1) is 12.1. The van der Waals surface area contributed by atoms with E-state index in [-0.39, 0.29) is 24.0 Å². The van der Waals surface area contributed by atoms with Gasteiger partial charge in [-0.15, -0.1) is 24.0 Å². The molecule has 26 heavy (non-hydrogen) atoms. The monoisotopic (exact) mass is 515 g/mol. The average molecular weight is 516 g/mol. The number of aliphatic imine (C=N–C) groups is 1. The Bertz CT molecular complexity index is 567. The topological polar surface area (TPSA) is 46.1 Å². The number of nitrogens with one attached hydrogen (secondary N) is 1. The quantitative estimate of drug-likeness (QED) is 0.256. The fourth-order valence-corrected chi connectivity index (χ4v) is 3.33. The molecule has 1 aliphatic rings. The second kappa shape index (κ2) is 13.0. The van der Waals surface area contributed by atoms with E-state index in [4.69, 9.17) is 32.7 Å². The Kier molecular flexibility index (Phi) is 11.9. The molecule has 5 nitrogen and oxygen atoms in total. The molecule has 148 valence electrons. The fraction of sp³-hybridized carbons (Fsp3) is 0.611. The summed E-state index contributed by atoms with van der Waals surface area (Å²) in [7, 11) is 3.52. The molecule has 0 saturated carbocycles. The fourth-order valence-electron chi connectivity index (χ4n) is 2.86. The van der Waals surface area contributed by atoms with Crippen molar-refractivity contribution < 1.29 is 9.47 Å². The number of methoxy groups -OCH3 is 1. The van der Waals surface area contributed by atoms with Crippen molar-refractivity contribution in [2.24, 2.45) is 4.99 Å². The van der Waals surface area contributed by atoms with Crippen LogP contribution in [0.4, 0.5) is 0 Å². The zero-order valence-electron chi connectivity index (χ0n) is 15.3. The van der Waals surface area contributed by atoms with Crippen LogP contribution in [0.25, 0.3) is 0 Å². The third-order valence-corrected chi connectivity index (χ3v) is 4.84. The highest BCUT2D eigenvalue weighted by Gasteiger charge is 2.21. The molecule has 0 unspecified atom stereocenters. The lowest BCUT2D eigenvalue weighted by molar-refractivity contribution is 0.00990. The summed E-state index contributed by atoms with van der Waals surface area (Å²) in [5.74, 6) is 0.892. The molecule has 1 heterocycles. The van der Waals surface area contributed by atoms with Crippen LogP contribution in [-0.4, -0.2) is 57.4 Å². The van der Waals surface area contributed by atoms with Crippen LogP contribution in [0.15, 0.2) is 23.2 Å². The van der Waals surface area contributed by atoms with Gasteiger partial charge in [0, 0.05) is 57.1 Å². The summed E-state index contributed by atoms with van der Waals surface area (Å²) in [6.45, 7) is 4.01. The third-order valence-electron chi connectivity index (χ3n) is 4.25. The van der Waals surface area contributed by atoms with Gasteiger partial charge in [-0.05, 0) is 37.0 Å². The molecule has 0 aromatic heterocycles. The number of nitrogens with zero attached hydrogens (tertiary/aromatic N) is 2. The Labute approximate surface area is 183 Å². The maximum atomic E-state index is 6.23. The van der Waals surface area contributed by atoms with Gasteiger partial charge in [-0.25, -0.2) is 0 Å². The second-order valence-electron chi connectivity index (χ2n) is 6.04. The van der Waals surface area contributed by atoms with Gasteiger partial charge in [-0.1, -0.05) is 29.3 Å². The van der Waals surface area contributed by atoms with Crippen LogP contribution in [-0.2, 0) is 16.0 Å². The Morgan fingerprint density at radius 2 is 2.00 bits per heavy atom. The zero-order valence-corrected chi connectivity index (χ0v) is 19.2. The number of ether oxygens (including phenoxy) is 2. The molecule has 0 bridgehead atoms. The van der Waals surface area contributed by atoms with Crippen molar-refractivity contribution >= 4 is 53.1 Å². The number of benzene rings is 1.